The highest BCUT2D eigenvalue weighted by molar-refractivity contribution is 6.21. The van der Waals surface area contributed by atoms with E-state index >= 15 is 0 Å². The predicted molar refractivity (Wildman–Crippen MR) is 68.4 cm³/mol. The average Bonchev–Trinajstić information content (AvgIpc) is 2.66. The summed E-state index contributed by atoms with van der Waals surface area (Å²) in [5, 5.41) is 0. The lowest BCUT2D eigenvalue weighted by molar-refractivity contribution is 0.0617. The van der Waals surface area contributed by atoms with Crippen molar-refractivity contribution in [2.75, 3.05) is 6.54 Å². The van der Waals surface area contributed by atoms with Gasteiger partial charge in [0.15, 0.2) is 0 Å². The van der Waals surface area contributed by atoms with Gasteiger partial charge >= 0.3 is 0 Å². The number of carbonyl (C=O) groups excluding carboxylic acids is 2. The topological polar surface area (TPSA) is 37.4 Å². The monoisotopic (exact) mass is 243 g/mol. The first-order valence-corrected chi connectivity index (χ1v) is 6.72. The van der Waals surface area contributed by atoms with Crippen molar-refractivity contribution in [3.8, 4) is 0 Å². The van der Waals surface area contributed by atoms with Crippen LogP contribution >= 0.6 is 0 Å². The molecule has 1 heterocycles. The van der Waals surface area contributed by atoms with Gasteiger partial charge in [-0.1, -0.05) is 31.4 Å². The predicted octanol–water partition coefficient (Wildman–Crippen LogP) is 2.86. The van der Waals surface area contributed by atoms with Gasteiger partial charge in [-0.2, -0.15) is 0 Å². The van der Waals surface area contributed by atoms with Crippen LogP contribution in [-0.4, -0.2) is 23.3 Å². The first-order valence-electron chi connectivity index (χ1n) is 6.72. The van der Waals surface area contributed by atoms with Gasteiger partial charge in [0.2, 0.25) is 0 Å². The van der Waals surface area contributed by atoms with Crippen LogP contribution < -0.4 is 0 Å². The summed E-state index contributed by atoms with van der Waals surface area (Å²) in [6.45, 7) is 0.604. The van der Waals surface area contributed by atoms with E-state index in [1.807, 2.05) is 12.1 Å². The largest absolute Gasteiger partial charge is 0.274 e. The second kappa shape index (κ2) is 4.56. The molecule has 0 spiro atoms. The standard InChI is InChI=1S/C15H17NO2/c17-14-12-8-4-5-9-13(12)15(18)16(14)10-11-6-2-1-3-7-11/h4-5,8-9,11H,1-3,6-7,10H2. The fourth-order valence-corrected chi connectivity index (χ4v) is 3.03. The molecule has 3 nitrogen and oxygen atoms in total. The molecule has 2 amide bonds. The third-order valence-corrected chi connectivity index (χ3v) is 4.04. The van der Waals surface area contributed by atoms with E-state index in [1.54, 1.807) is 12.1 Å². The molecule has 3 rings (SSSR count). The van der Waals surface area contributed by atoms with Crippen LogP contribution in [0, 0.1) is 5.92 Å². The maximum atomic E-state index is 12.2. The van der Waals surface area contributed by atoms with Gasteiger partial charge in [0.05, 0.1) is 11.1 Å². The van der Waals surface area contributed by atoms with E-state index in [0.29, 0.717) is 23.6 Å². The van der Waals surface area contributed by atoms with Crippen LogP contribution in [0.15, 0.2) is 24.3 Å². The minimum Gasteiger partial charge on any atom is -0.274 e. The highest BCUT2D eigenvalue weighted by Gasteiger charge is 2.36. The average molecular weight is 243 g/mol. The number of hydrogen-bond donors (Lipinski definition) is 0. The van der Waals surface area contributed by atoms with Crippen molar-refractivity contribution in [2.45, 2.75) is 32.1 Å². The molecule has 1 saturated carbocycles. The molecule has 1 aliphatic heterocycles. The molecule has 3 heteroatoms. The van der Waals surface area contributed by atoms with Crippen molar-refractivity contribution in [3.63, 3.8) is 0 Å². The molecule has 0 radical (unpaired) electrons. The van der Waals surface area contributed by atoms with Gasteiger partial charge in [-0.25, -0.2) is 0 Å². The molecule has 18 heavy (non-hydrogen) atoms. The van der Waals surface area contributed by atoms with E-state index in [2.05, 4.69) is 0 Å². The Balaban J connectivity index is 1.79. The molecule has 0 aromatic heterocycles. The minimum atomic E-state index is -0.110. The number of carbonyl (C=O) groups is 2. The van der Waals surface area contributed by atoms with Crippen molar-refractivity contribution >= 4 is 11.8 Å². The summed E-state index contributed by atoms with van der Waals surface area (Å²) in [4.78, 5) is 25.8. The number of hydrogen-bond acceptors (Lipinski definition) is 2. The van der Waals surface area contributed by atoms with Crippen molar-refractivity contribution < 1.29 is 9.59 Å². The number of benzene rings is 1. The van der Waals surface area contributed by atoms with Crippen LogP contribution in [0.3, 0.4) is 0 Å². The van der Waals surface area contributed by atoms with Gasteiger partial charge in [0, 0.05) is 6.54 Å². The zero-order chi connectivity index (χ0) is 12.5. The van der Waals surface area contributed by atoms with Crippen LogP contribution in [0.2, 0.25) is 0 Å². The Morgan fingerprint density at radius 1 is 0.944 bits per heavy atom. The third-order valence-electron chi connectivity index (χ3n) is 4.04. The van der Waals surface area contributed by atoms with Crippen molar-refractivity contribution in [1.82, 2.24) is 4.90 Å². The Hall–Kier alpha value is -1.64. The second-order valence-corrected chi connectivity index (χ2v) is 5.27. The summed E-state index contributed by atoms with van der Waals surface area (Å²) in [7, 11) is 0. The summed E-state index contributed by atoms with van der Waals surface area (Å²) in [6, 6.07) is 7.12. The Morgan fingerprint density at radius 3 is 2.06 bits per heavy atom. The van der Waals surface area contributed by atoms with Gasteiger partial charge in [-0.05, 0) is 30.9 Å². The molecule has 0 unspecified atom stereocenters. The lowest BCUT2D eigenvalue weighted by Crippen LogP contribution is -2.35. The number of fused-ring (bicyclic) bond motifs is 1. The Labute approximate surface area is 107 Å². The number of imide groups is 1. The molecule has 0 atom stereocenters. The van der Waals surface area contributed by atoms with Gasteiger partial charge in [0.25, 0.3) is 11.8 Å². The normalized spacial score (nSPS) is 20.3. The molecule has 1 aromatic carbocycles. The quantitative estimate of drug-likeness (QED) is 0.749. The van der Waals surface area contributed by atoms with E-state index in [1.165, 1.54) is 24.2 Å². The van der Waals surface area contributed by atoms with Crippen LogP contribution in [0.4, 0.5) is 0 Å². The van der Waals surface area contributed by atoms with E-state index in [4.69, 9.17) is 0 Å². The second-order valence-electron chi connectivity index (χ2n) is 5.27. The Morgan fingerprint density at radius 2 is 1.50 bits per heavy atom. The van der Waals surface area contributed by atoms with E-state index in [0.717, 1.165) is 12.8 Å². The summed E-state index contributed by atoms with van der Waals surface area (Å²) in [5.74, 6) is 0.281. The highest BCUT2D eigenvalue weighted by atomic mass is 16.2. The molecule has 0 N–H and O–H groups in total. The zero-order valence-corrected chi connectivity index (χ0v) is 10.4. The first-order chi connectivity index (χ1) is 8.77. The molecular weight excluding hydrogens is 226 g/mol. The highest BCUT2D eigenvalue weighted by Crippen LogP contribution is 2.28. The molecule has 2 aliphatic rings. The van der Waals surface area contributed by atoms with Gasteiger partial charge < -0.3 is 0 Å². The molecule has 1 aromatic rings. The summed E-state index contributed by atoms with van der Waals surface area (Å²) >= 11 is 0. The van der Waals surface area contributed by atoms with Crippen molar-refractivity contribution in [3.05, 3.63) is 35.4 Å². The summed E-state index contributed by atoms with van der Waals surface area (Å²) in [6.07, 6.45) is 6.04. The molecule has 0 bridgehead atoms. The molecular formula is C15H17NO2. The van der Waals surface area contributed by atoms with E-state index < -0.39 is 0 Å². The van der Waals surface area contributed by atoms with Crippen LogP contribution in [-0.2, 0) is 0 Å². The third kappa shape index (κ3) is 1.84. The number of nitrogens with zero attached hydrogens (tertiary/aromatic N) is 1. The fourth-order valence-electron chi connectivity index (χ4n) is 3.03. The maximum Gasteiger partial charge on any atom is 0.261 e. The number of rotatable bonds is 2. The van der Waals surface area contributed by atoms with Gasteiger partial charge in [-0.15, -0.1) is 0 Å². The van der Waals surface area contributed by atoms with Gasteiger partial charge in [-0.3, -0.25) is 14.5 Å². The number of amides is 2. The van der Waals surface area contributed by atoms with Gasteiger partial charge in [0.1, 0.15) is 0 Å². The first kappa shape index (κ1) is 11.5. The molecule has 1 aliphatic carbocycles. The van der Waals surface area contributed by atoms with Crippen LogP contribution in [0.5, 0.6) is 0 Å². The SMILES string of the molecule is O=C1c2ccccc2C(=O)N1CC1CCCCC1. The molecule has 0 saturated heterocycles. The minimum absolute atomic E-state index is 0.110. The van der Waals surface area contributed by atoms with Crippen LogP contribution in [0.1, 0.15) is 52.8 Å². The van der Waals surface area contributed by atoms with E-state index in [9.17, 15) is 9.59 Å². The van der Waals surface area contributed by atoms with Crippen molar-refractivity contribution in [1.29, 1.82) is 0 Å². The summed E-state index contributed by atoms with van der Waals surface area (Å²) in [5.41, 5.74) is 1.14. The maximum absolute atomic E-state index is 12.2. The lowest BCUT2D eigenvalue weighted by Gasteiger charge is -2.25. The fraction of sp³-hybridized carbons (Fsp3) is 0.467. The molecule has 94 valence electrons. The van der Waals surface area contributed by atoms with Crippen LogP contribution in [0.25, 0.3) is 0 Å². The Kier molecular flexibility index (Phi) is 2.90. The van der Waals surface area contributed by atoms with E-state index in [-0.39, 0.29) is 11.8 Å². The summed E-state index contributed by atoms with van der Waals surface area (Å²) < 4.78 is 0. The zero-order valence-electron chi connectivity index (χ0n) is 10.4. The smallest absolute Gasteiger partial charge is 0.261 e. The van der Waals surface area contributed by atoms with Crippen molar-refractivity contribution in [2.24, 2.45) is 5.92 Å². The lowest BCUT2D eigenvalue weighted by atomic mass is 9.89. The molecule has 1 fully saturated rings. The Bertz CT molecular complexity index is 454.